The van der Waals surface area contributed by atoms with Gasteiger partial charge in [0.2, 0.25) is 5.60 Å². The molecule has 0 aliphatic carbocycles. The third kappa shape index (κ3) is 4.40. The van der Waals surface area contributed by atoms with Crippen LogP contribution >= 0.6 is 11.6 Å². The molecule has 7 heteroatoms. The molecule has 0 aromatic heterocycles. The van der Waals surface area contributed by atoms with Crippen LogP contribution in [0.4, 0.5) is 13.2 Å². The van der Waals surface area contributed by atoms with E-state index in [9.17, 15) is 18.0 Å². The summed E-state index contributed by atoms with van der Waals surface area (Å²) in [5.41, 5.74) is -1.41. The highest BCUT2D eigenvalue weighted by molar-refractivity contribution is 6.30. The van der Waals surface area contributed by atoms with Crippen LogP contribution in [0.15, 0.2) is 48.5 Å². The molecule has 3 nitrogen and oxygen atoms in total. The van der Waals surface area contributed by atoms with Crippen molar-refractivity contribution in [2.75, 3.05) is 6.61 Å². The van der Waals surface area contributed by atoms with E-state index in [2.05, 4.69) is 0 Å². The summed E-state index contributed by atoms with van der Waals surface area (Å²) in [6, 6.07) is 10.4. The molecular weight excluding hydrogens is 417 g/mol. The predicted molar refractivity (Wildman–Crippen MR) is 109 cm³/mol. The number of hydrogen-bond donors (Lipinski definition) is 0. The fraction of sp³-hybridized carbons (Fsp3) is 0.348. The highest BCUT2D eigenvalue weighted by Gasteiger charge is 2.58. The summed E-state index contributed by atoms with van der Waals surface area (Å²) in [5, 5.41) is 0.194. The number of benzene rings is 2. The van der Waals surface area contributed by atoms with E-state index in [1.54, 1.807) is 45.9 Å². The predicted octanol–water partition coefficient (Wildman–Crippen LogP) is 6.48. The lowest BCUT2D eigenvalue weighted by Crippen LogP contribution is -2.41. The fourth-order valence-corrected chi connectivity index (χ4v) is 3.52. The number of rotatable bonds is 3. The molecule has 0 radical (unpaired) electrons. The Balaban J connectivity index is 1.99. The van der Waals surface area contributed by atoms with Crippen molar-refractivity contribution < 1.29 is 27.4 Å². The molecule has 2 aromatic carbocycles. The van der Waals surface area contributed by atoms with E-state index in [4.69, 9.17) is 21.1 Å². The highest BCUT2D eigenvalue weighted by atomic mass is 35.5. The molecule has 2 aromatic rings. The number of alkyl halides is 3. The Morgan fingerprint density at radius 2 is 1.83 bits per heavy atom. The Labute approximate surface area is 178 Å². The number of ether oxygens (including phenoxy) is 2. The van der Waals surface area contributed by atoms with Crippen molar-refractivity contribution >= 4 is 23.1 Å². The molecule has 1 atom stereocenters. The van der Waals surface area contributed by atoms with E-state index in [0.717, 1.165) is 6.08 Å². The van der Waals surface area contributed by atoms with Gasteiger partial charge in [0.05, 0.1) is 12.2 Å². The lowest BCUT2D eigenvalue weighted by atomic mass is 9.90. The molecule has 1 aliphatic heterocycles. The van der Waals surface area contributed by atoms with Gasteiger partial charge in [-0.3, -0.25) is 0 Å². The first-order chi connectivity index (χ1) is 13.8. The summed E-state index contributed by atoms with van der Waals surface area (Å²) in [7, 11) is 0. The zero-order valence-corrected chi connectivity index (χ0v) is 17.8. The molecule has 1 heterocycles. The number of aryl methyl sites for hydroxylation is 1. The standard InChI is InChI=1S/C23H22ClF3O3/c1-14-10-15(8-9-19(14)20(28)30-21(2,3)4)16-12-22(29-13-16,23(25,26)27)17-6-5-7-18(24)11-17/h5-12H,13H2,1-4H3. The van der Waals surface area contributed by atoms with Gasteiger partial charge in [0.1, 0.15) is 5.60 Å². The summed E-state index contributed by atoms with van der Waals surface area (Å²) in [6.45, 7) is 6.79. The van der Waals surface area contributed by atoms with Gasteiger partial charge in [-0.15, -0.1) is 0 Å². The SMILES string of the molecule is Cc1cc(C2=CC(c3cccc(Cl)c3)(C(F)(F)F)OC2)ccc1C(=O)OC(C)(C)C. The quantitative estimate of drug-likeness (QED) is 0.515. The van der Waals surface area contributed by atoms with Crippen molar-refractivity contribution in [2.45, 2.75) is 45.1 Å². The Morgan fingerprint density at radius 1 is 1.13 bits per heavy atom. The molecular formula is C23H22ClF3O3. The summed E-state index contributed by atoms with van der Waals surface area (Å²) in [6.07, 6.45) is -3.59. The van der Waals surface area contributed by atoms with Gasteiger partial charge in [0.15, 0.2) is 0 Å². The molecule has 0 N–H and O–H groups in total. The molecule has 0 amide bonds. The van der Waals surface area contributed by atoms with E-state index in [1.165, 1.54) is 24.3 Å². The summed E-state index contributed by atoms with van der Waals surface area (Å²) < 4.78 is 52.9. The monoisotopic (exact) mass is 438 g/mol. The largest absolute Gasteiger partial charge is 0.456 e. The second-order valence-corrected chi connectivity index (χ2v) is 8.67. The fourth-order valence-electron chi connectivity index (χ4n) is 3.33. The van der Waals surface area contributed by atoms with Crippen molar-refractivity contribution in [3.05, 3.63) is 75.8 Å². The van der Waals surface area contributed by atoms with E-state index in [0.29, 0.717) is 22.3 Å². The average Bonchev–Trinajstić information content (AvgIpc) is 3.06. The van der Waals surface area contributed by atoms with Crippen LogP contribution < -0.4 is 0 Å². The van der Waals surface area contributed by atoms with Crippen LogP contribution in [0.25, 0.3) is 5.57 Å². The molecule has 1 aliphatic rings. The first-order valence-corrected chi connectivity index (χ1v) is 9.73. The molecule has 0 spiro atoms. The van der Waals surface area contributed by atoms with Gasteiger partial charge in [-0.05, 0) is 74.2 Å². The molecule has 0 bridgehead atoms. The van der Waals surface area contributed by atoms with Crippen molar-refractivity contribution in [1.29, 1.82) is 0 Å². The van der Waals surface area contributed by atoms with Gasteiger partial charge in [0, 0.05) is 5.02 Å². The maximum atomic E-state index is 14.1. The number of esters is 1. The molecule has 30 heavy (non-hydrogen) atoms. The number of hydrogen-bond acceptors (Lipinski definition) is 3. The van der Waals surface area contributed by atoms with Crippen LogP contribution in [0.1, 0.15) is 47.8 Å². The zero-order valence-electron chi connectivity index (χ0n) is 17.1. The van der Waals surface area contributed by atoms with Gasteiger partial charge in [-0.25, -0.2) is 4.79 Å². The van der Waals surface area contributed by atoms with E-state index in [-0.39, 0.29) is 17.2 Å². The summed E-state index contributed by atoms with van der Waals surface area (Å²) in [5.74, 6) is -0.480. The Morgan fingerprint density at radius 3 is 2.40 bits per heavy atom. The smallest absolute Gasteiger partial charge is 0.425 e. The van der Waals surface area contributed by atoms with Crippen molar-refractivity contribution in [2.24, 2.45) is 0 Å². The maximum absolute atomic E-state index is 14.1. The topological polar surface area (TPSA) is 35.5 Å². The first kappa shape index (κ1) is 22.4. The molecule has 3 rings (SSSR count). The second kappa shape index (κ2) is 7.75. The number of carbonyl (C=O) groups is 1. The van der Waals surface area contributed by atoms with Crippen LogP contribution in [0.5, 0.6) is 0 Å². The molecule has 1 unspecified atom stereocenters. The molecule has 160 valence electrons. The highest BCUT2D eigenvalue weighted by Crippen LogP contribution is 2.49. The number of halogens is 4. The van der Waals surface area contributed by atoms with E-state index in [1.807, 2.05) is 0 Å². The van der Waals surface area contributed by atoms with E-state index < -0.39 is 23.3 Å². The minimum Gasteiger partial charge on any atom is -0.456 e. The van der Waals surface area contributed by atoms with Gasteiger partial charge < -0.3 is 9.47 Å². The van der Waals surface area contributed by atoms with Crippen LogP contribution in [-0.4, -0.2) is 24.4 Å². The lowest BCUT2D eigenvalue weighted by Gasteiger charge is -2.30. The zero-order chi connectivity index (χ0) is 22.3. The molecule has 0 saturated carbocycles. The third-order valence-corrected chi connectivity index (χ3v) is 4.96. The van der Waals surface area contributed by atoms with Crippen LogP contribution in [0.2, 0.25) is 5.02 Å². The maximum Gasteiger partial charge on any atom is 0.425 e. The van der Waals surface area contributed by atoms with Crippen molar-refractivity contribution in [1.82, 2.24) is 0 Å². The van der Waals surface area contributed by atoms with Gasteiger partial charge in [-0.2, -0.15) is 13.2 Å². The Hall–Kier alpha value is -2.31. The summed E-state index contributed by atoms with van der Waals surface area (Å²) >= 11 is 5.91. The van der Waals surface area contributed by atoms with Gasteiger partial charge in [0.25, 0.3) is 0 Å². The van der Waals surface area contributed by atoms with Crippen molar-refractivity contribution in [3.63, 3.8) is 0 Å². The Kier molecular flexibility index (Phi) is 5.78. The second-order valence-electron chi connectivity index (χ2n) is 8.23. The Bertz CT molecular complexity index is 1010. The third-order valence-electron chi connectivity index (χ3n) is 4.72. The van der Waals surface area contributed by atoms with E-state index >= 15 is 0 Å². The molecule has 0 fully saturated rings. The first-order valence-electron chi connectivity index (χ1n) is 9.35. The van der Waals surface area contributed by atoms with Crippen LogP contribution in [0, 0.1) is 6.92 Å². The normalized spacial score (nSPS) is 19.5. The van der Waals surface area contributed by atoms with Crippen LogP contribution in [0.3, 0.4) is 0 Å². The summed E-state index contributed by atoms with van der Waals surface area (Å²) in [4.78, 5) is 12.3. The number of carbonyl (C=O) groups excluding carboxylic acids is 1. The van der Waals surface area contributed by atoms with Crippen molar-refractivity contribution in [3.8, 4) is 0 Å². The lowest BCUT2D eigenvalue weighted by molar-refractivity contribution is -0.254. The molecule has 0 saturated heterocycles. The minimum atomic E-state index is -4.68. The van der Waals surface area contributed by atoms with Crippen LogP contribution in [-0.2, 0) is 15.1 Å². The van der Waals surface area contributed by atoms with Gasteiger partial charge >= 0.3 is 12.1 Å². The minimum absolute atomic E-state index is 0.0837. The van der Waals surface area contributed by atoms with Gasteiger partial charge in [-0.1, -0.05) is 35.9 Å². The average molecular weight is 439 g/mol.